The number of hydrogen-bond acceptors (Lipinski definition) is 5. The lowest BCUT2D eigenvalue weighted by atomic mass is 9.98. The van der Waals surface area contributed by atoms with E-state index in [9.17, 15) is 4.79 Å². The van der Waals surface area contributed by atoms with E-state index in [1.165, 1.54) is 25.7 Å². The van der Waals surface area contributed by atoms with Crippen LogP contribution in [-0.4, -0.2) is 30.6 Å². The molecule has 0 N–H and O–H groups in total. The Bertz CT molecular complexity index is 447. The summed E-state index contributed by atoms with van der Waals surface area (Å²) in [7, 11) is 0. The Morgan fingerprint density at radius 3 is 3.05 bits per heavy atom. The standard InChI is InChI=1S/C16H26N2O2S/c1-3-13-6-5-10-18(11-9-13)16-17-14(12-21-16)7-8-15(19)20-4-2/h12-13H,3-11H2,1-2H3. The number of thiazole rings is 1. The van der Waals surface area contributed by atoms with Crippen LogP contribution in [0.4, 0.5) is 5.13 Å². The number of esters is 1. The average Bonchev–Trinajstić information content (AvgIpc) is 2.82. The second-order valence-electron chi connectivity index (χ2n) is 5.62. The molecular weight excluding hydrogens is 284 g/mol. The summed E-state index contributed by atoms with van der Waals surface area (Å²) in [5.41, 5.74) is 1.01. The second-order valence-corrected chi connectivity index (χ2v) is 6.46. The Hall–Kier alpha value is -1.10. The zero-order chi connectivity index (χ0) is 15.1. The predicted octanol–water partition coefficient (Wildman–Crippen LogP) is 3.66. The molecule has 2 heterocycles. The van der Waals surface area contributed by atoms with Crippen molar-refractivity contribution in [1.82, 2.24) is 4.98 Å². The van der Waals surface area contributed by atoms with E-state index in [0.29, 0.717) is 19.4 Å². The maximum Gasteiger partial charge on any atom is 0.306 e. The molecule has 1 saturated heterocycles. The van der Waals surface area contributed by atoms with Crippen LogP contribution in [0.1, 0.15) is 51.6 Å². The van der Waals surface area contributed by atoms with Crippen LogP contribution < -0.4 is 4.90 Å². The van der Waals surface area contributed by atoms with Gasteiger partial charge < -0.3 is 9.64 Å². The van der Waals surface area contributed by atoms with Crippen LogP contribution in [0.15, 0.2) is 5.38 Å². The fourth-order valence-electron chi connectivity index (χ4n) is 2.78. The summed E-state index contributed by atoms with van der Waals surface area (Å²) in [5.74, 6) is 0.742. The van der Waals surface area contributed by atoms with Crippen LogP contribution in [0.3, 0.4) is 0 Å². The van der Waals surface area contributed by atoms with Crippen molar-refractivity contribution in [2.24, 2.45) is 5.92 Å². The van der Waals surface area contributed by atoms with Gasteiger partial charge in [0.1, 0.15) is 0 Å². The summed E-state index contributed by atoms with van der Waals surface area (Å²) in [6.07, 6.45) is 6.27. The van der Waals surface area contributed by atoms with Gasteiger partial charge in [-0.05, 0) is 32.1 Å². The van der Waals surface area contributed by atoms with E-state index in [1.807, 2.05) is 6.92 Å². The Morgan fingerprint density at radius 1 is 1.43 bits per heavy atom. The van der Waals surface area contributed by atoms with Crippen molar-refractivity contribution in [2.75, 3.05) is 24.6 Å². The van der Waals surface area contributed by atoms with Crippen LogP contribution in [0.5, 0.6) is 0 Å². The smallest absolute Gasteiger partial charge is 0.306 e. The quantitative estimate of drug-likeness (QED) is 0.752. The predicted molar refractivity (Wildman–Crippen MR) is 86.9 cm³/mol. The molecule has 1 aromatic heterocycles. The average molecular weight is 310 g/mol. The molecule has 1 aliphatic heterocycles. The monoisotopic (exact) mass is 310 g/mol. The van der Waals surface area contributed by atoms with Gasteiger partial charge in [-0.2, -0.15) is 0 Å². The lowest BCUT2D eigenvalue weighted by Crippen LogP contribution is -2.24. The molecule has 0 spiro atoms. The first kappa shape index (κ1) is 16.3. The Morgan fingerprint density at radius 2 is 2.29 bits per heavy atom. The van der Waals surface area contributed by atoms with Crippen molar-refractivity contribution in [3.05, 3.63) is 11.1 Å². The Balaban J connectivity index is 1.86. The molecular formula is C16H26N2O2S. The van der Waals surface area contributed by atoms with Gasteiger partial charge in [0, 0.05) is 24.9 Å². The molecule has 0 bridgehead atoms. The van der Waals surface area contributed by atoms with E-state index in [2.05, 4.69) is 17.2 Å². The van der Waals surface area contributed by atoms with Crippen LogP contribution in [0.2, 0.25) is 0 Å². The first-order chi connectivity index (χ1) is 10.2. The molecule has 21 heavy (non-hydrogen) atoms. The fraction of sp³-hybridized carbons (Fsp3) is 0.750. The Kier molecular flexibility index (Phi) is 6.49. The molecule has 0 aromatic carbocycles. The number of carbonyl (C=O) groups excluding carboxylic acids is 1. The van der Waals surface area contributed by atoms with Gasteiger partial charge in [-0.1, -0.05) is 13.3 Å². The maximum absolute atomic E-state index is 11.4. The van der Waals surface area contributed by atoms with Crippen LogP contribution >= 0.6 is 11.3 Å². The summed E-state index contributed by atoms with van der Waals surface area (Å²) >= 11 is 1.70. The third-order valence-electron chi connectivity index (χ3n) is 4.13. The van der Waals surface area contributed by atoms with Crippen LogP contribution in [0.25, 0.3) is 0 Å². The highest BCUT2D eigenvalue weighted by Crippen LogP contribution is 2.27. The molecule has 0 saturated carbocycles. The number of rotatable bonds is 6. The molecule has 1 atom stereocenters. The van der Waals surface area contributed by atoms with E-state index in [0.717, 1.165) is 29.8 Å². The van der Waals surface area contributed by atoms with Gasteiger partial charge in [-0.3, -0.25) is 4.79 Å². The van der Waals surface area contributed by atoms with Gasteiger partial charge in [-0.25, -0.2) is 4.98 Å². The van der Waals surface area contributed by atoms with Gasteiger partial charge in [0.2, 0.25) is 0 Å². The molecule has 1 aromatic rings. The minimum Gasteiger partial charge on any atom is -0.466 e. The molecule has 5 heteroatoms. The molecule has 2 rings (SSSR count). The molecule has 1 aliphatic rings. The summed E-state index contributed by atoms with van der Waals surface area (Å²) in [4.78, 5) is 18.5. The summed E-state index contributed by atoms with van der Waals surface area (Å²) in [5, 5.41) is 3.20. The first-order valence-corrected chi connectivity index (χ1v) is 8.95. The molecule has 0 amide bonds. The number of nitrogens with zero attached hydrogens (tertiary/aromatic N) is 2. The largest absolute Gasteiger partial charge is 0.466 e. The molecule has 4 nitrogen and oxygen atoms in total. The molecule has 0 aliphatic carbocycles. The second kappa shape index (κ2) is 8.37. The highest BCUT2D eigenvalue weighted by atomic mass is 32.1. The zero-order valence-electron chi connectivity index (χ0n) is 13.1. The first-order valence-electron chi connectivity index (χ1n) is 8.07. The minimum absolute atomic E-state index is 0.132. The van der Waals surface area contributed by atoms with E-state index in [1.54, 1.807) is 11.3 Å². The number of aryl methyl sites for hydroxylation is 1. The Labute approximate surface area is 131 Å². The lowest BCUT2D eigenvalue weighted by molar-refractivity contribution is -0.143. The number of carbonyl (C=O) groups is 1. The van der Waals surface area contributed by atoms with Crippen molar-refractivity contribution in [2.45, 2.75) is 52.4 Å². The highest BCUT2D eigenvalue weighted by molar-refractivity contribution is 7.13. The highest BCUT2D eigenvalue weighted by Gasteiger charge is 2.18. The van der Waals surface area contributed by atoms with Crippen LogP contribution in [0, 0.1) is 5.92 Å². The van der Waals surface area contributed by atoms with Crippen molar-refractivity contribution < 1.29 is 9.53 Å². The zero-order valence-corrected chi connectivity index (χ0v) is 14.0. The van der Waals surface area contributed by atoms with Gasteiger partial charge in [0.05, 0.1) is 18.7 Å². The fourth-order valence-corrected chi connectivity index (χ4v) is 3.70. The maximum atomic E-state index is 11.4. The van der Waals surface area contributed by atoms with Gasteiger partial charge >= 0.3 is 5.97 Å². The summed E-state index contributed by atoms with van der Waals surface area (Å²) in [6, 6.07) is 0. The van der Waals surface area contributed by atoms with E-state index < -0.39 is 0 Å². The SMILES string of the molecule is CCOC(=O)CCc1csc(N2CCCC(CC)CC2)n1. The molecule has 0 radical (unpaired) electrons. The van der Waals surface area contributed by atoms with E-state index >= 15 is 0 Å². The van der Waals surface area contributed by atoms with Crippen molar-refractivity contribution in [3.63, 3.8) is 0 Å². The minimum atomic E-state index is -0.132. The van der Waals surface area contributed by atoms with Crippen molar-refractivity contribution in [3.8, 4) is 0 Å². The number of ether oxygens (including phenoxy) is 1. The van der Waals surface area contributed by atoms with E-state index in [-0.39, 0.29) is 5.97 Å². The number of anilines is 1. The normalized spacial score (nSPS) is 19.3. The molecule has 1 fully saturated rings. The summed E-state index contributed by atoms with van der Waals surface area (Å²) in [6.45, 7) is 6.80. The third-order valence-corrected chi connectivity index (χ3v) is 5.08. The topological polar surface area (TPSA) is 42.4 Å². The number of aromatic nitrogens is 1. The number of hydrogen-bond donors (Lipinski definition) is 0. The molecule has 1 unspecified atom stereocenters. The summed E-state index contributed by atoms with van der Waals surface area (Å²) < 4.78 is 4.95. The van der Waals surface area contributed by atoms with Gasteiger partial charge in [0.15, 0.2) is 5.13 Å². The van der Waals surface area contributed by atoms with Crippen molar-refractivity contribution >= 4 is 22.4 Å². The molecule has 118 valence electrons. The lowest BCUT2D eigenvalue weighted by Gasteiger charge is -2.19. The van der Waals surface area contributed by atoms with E-state index in [4.69, 9.17) is 9.72 Å². The van der Waals surface area contributed by atoms with Gasteiger partial charge in [-0.15, -0.1) is 11.3 Å². The van der Waals surface area contributed by atoms with Crippen LogP contribution in [-0.2, 0) is 16.0 Å². The van der Waals surface area contributed by atoms with Gasteiger partial charge in [0.25, 0.3) is 0 Å². The van der Waals surface area contributed by atoms with Crippen molar-refractivity contribution in [1.29, 1.82) is 0 Å². The third kappa shape index (κ3) is 4.99.